The molecule has 6 nitrogen and oxygen atoms in total. The molecule has 684 valence electrons. The summed E-state index contributed by atoms with van der Waals surface area (Å²) in [6.07, 6.45) is 13.2. The maximum absolute atomic E-state index is 5.69. The summed E-state index contributed by atoms with van der Waals surface area (Å²) in [6.45, 7) is 26.7. The summed E-state index contributed by atoms with van der Waals surface area (Å²) in [5.41, 5.74) is 36.2. The molecule has 2 fully saturated rings. The molecule has 6 heteroatoms. The number of nitrogens with zero attached hydrogens (tertiary/aromatic N) is 4. The van der Waals surface area contributed by atoms with Gasteiger partial charge in [0.05, 0.1) is 37.0 Å². The van der Waals surface area contributed by atoms with E-state index in [4.69, 9.17) is 9.47 Å². The molecule has 0 aromatic heterocycles. The molecule has 0 atom stereocenters. The molecular formula is C132H124N4O2. The van der Waals surface area contributed by atoms with E-state index in [1.54, 1.807) is 14.2 Å². The topological polar surface area (TPSA) is 31.4 Å². The number of hydrogen-bond donors (Lipinski definition) is 0. The van der Waals surface area contributed by atoms with E-state index < -0.39 is 0 Å². The molecule has 2 saturated carbocycles. The largest absolute Gasteiger partial charge is 0.497 e. The number of methoxy groups -OCH3 is 2. The fourth-order valence-corrected chi connectivity index (χ4v) is 22.0. The minimum atomic E-state index is 0.0219. The van der Waals surface area contributed by atoms with Crippen LogP contribution in [-0.4, -0.2) is 14.2 Å². The van der Waals surface area contributed by atoms with Gasteiger partial charge in [-0.3, -0.25) is 0 Å². The van der Waals surface area contributed by atoms with Gasteiger partial charge in [0.15, 0.2) is 0 Å². The van der Waals surface area contributed by atoms with Crippen molar-refractivity contribution in [3.8, 4) is 56.0 Å². The molecule has 0 aliphatic heterocycles. The van der Waals surface area contributed by atoms with Crippen LogP contribution in [0.5, 0.6) is 11.5 Å². The highest BCUT2D eigenvalue weighted by molar-refractivity contribution is 6.34. The van der Waals surface area contributed by atoms with E-state index in [0.29, 0.717) is 11.8 Å². The minimum absolute atomic E-state index is 0.0219. The van der Waals surface area contributed by atoms with Gasteiger partial charge < -0.3 is 29.1 Å². The average Bonchev–Trinajstić information content (AvgIpc) is 0.705. The van der Waals surface area contributed by atoms with E-state index in [1.165, 1.54) is 240 Å². The number of anilines is 12. The van der Waals surface area contributed by atoms with Crippen molar-refractivity contribution in [2.45, 2.75) is 170 Å². The van der Waals surface area contributed by atoms with Crippen molar-refractivity contribution in [3.63, 3.8) is 0 Å². The molecule has 0 unspecified atom stereocenters. The second-order valence-electron chi connectivity index (χ2n) is 41.2. The van der Waals surface area contributed by atoms with Crippen LogP contribution in [0.3, 0.4) is 0 Å². The Morgan fingerprint density at radius 3 is 0.594 bits per heavy atom. The van der Waals surface area contributed by atoms with E-state index in [1.807, 2.05) is 0 Å². The maximum atomic E-state index is 5.69. The van der Waals surface area contributed by atoms with Gasteiger partial charge in [-0.05, 0) is 324 Å². The summed E-state index contributed by atoms with van der Waals surface area (Å²) in [6, 6.07) is 138. The SMILES string of the molecule is COc1ccc(N(c2ccc(C)cc2)c2cc(-c3ccc(C(C)(C)C)cc3)c3ccc4c(N(c5ccc(C)cc5)c5ccc(OC)cc5)cc(-c5ccc(C(C)(C)C)cc5)c5ccc2c3c54)cc1.Cc1ccc(N(c2ccc(C)cc2)c2cc(-c3ccc(C4CCCCC4)cc3)c3ccc4c(N(c5ccc(C)cc5)c5ccc(C)cc5)cc(-c5ccc(C6CCCCC6)cc5)c5ccc2c3c54)cc1. The first-order valence-corrected chi connectivity index (χ1v) is 49.9. The Balaban J connectivity index is 0.000000165. The van der Waals surface area contributed by atoms with Crippen LogP contribution in [0.2, 0.25) is 0 Å². The lowest BCUT2D eigenvalue weighted by Crippen LogP contribution is -2.12. The Morgan fingerprint density at radius 1 is 0.210 bits per heavy atom. The van der Waals surface area contributed by atoms with Crippen LogP contribution in [0, 0.1) is 41.5 Å². The zero-order chi connectivity index (χ0) is 94.8. The predicted octanol–water partition coefficient (Wildman–Crippen LogP) is 38.3. The molecule has 2 aliphatic rings. The molecule has 0 N–H and O–H groups in total. The standard InChI is InChI=1S/C68H64N2.C64H60N2O2/c1-45-15-31-55(32-16-45)69(56-33-17-46(2)18-34-56)65-43-63(53-27-23-51(24-28-53)49-11-7-5-8-12-49)59-40-42-62-66(70(57-35-19-47(3)20-36-57)58-37-21-48(4)22-38-58)44-64(60-39-41-61(65)67(59)68(60)62)54-29-25-52(26-30-54)50-13-9-6-10-14-50;1-41-11-23-47(24-12-41)65(49-27-31-51(67-9)32-28-49)59-39-57(43-15-19-45(20-16-43)63(3,4)5)53-36-38-56-60(66(48-25-13-42(2)14-26-48)50-29-33-52(68-10)34-30-50)40-58(54-35-37-55(59)61(53)62(54)56)44-17-21-46(22-18-44)64(6,7)8/h15-44,49-50H,5-14H2,1-4H3;11-40H,1-10H3. The first-order chi connectivity index (χ1) is 67.0. The summed E-state index contributed by atoms with van der Waals surface area (Å²) in [4.78, 5) is 9.84. The first kappa shape index (κ1) is 89.8. The number of ether oxygens (including phenoxy) is 2. The van der Waals surface area contributed by atoms with Crippen molar-refractivity contribution in [3.05, 3.63) is 420 Å². The van der Waals surface area contributed by atoms with Crippen LogP contribution in [0.1, 0.15) is 173 Å². The monoisotopic (exact) mass is 1800 g/mol. The lowest BCUT2D eigenvalue weighted by atomic mass is 9.82. The fraction of sp³-hybridized carbons (Fsp3) is 0.212. The van der Waals surface area contributed by atoms with Crippen LogP contribution < -0.4 is 29.1 Å². The lowest BCUT2D eigenvalue weighted by molar-refractivity contribution is 0.414. The van der Waals surface area contributed by atoms with Gasteiger partial charge in [-0.1, -0.05) is 332 Å². The highest BCUT2D eigenvalue weighted by atomic mass is 16.5. The van der Waals surface area contributed by atoms with Gasteiger partial charge >= 0.3 is 0 Å². The summed E-state index contributed by atoms with van der Waals surface area (Å²) in [5.74, 6) is 2.94. The zero-order valence-corrected chi connectivity index (χ0v) is 82.5. The van der Waals surface area contributed by atoms with Gasteiger partial charge in [-0.25, -0.2) is 0 Å². The number of hydrogen-bond acceptors (Lipinski definition) is 6. The van der Waals surface area contributed by atoms with E-state index in [2.05, 4.69) is 467 Å². The van der Waals surface area contributed by atoms with Crippen LogP contribution in [-0.2, 0) is 10.8 Å². The van der Waals surface area contributed by atoms with Gasteiger partial charge in [0.2, 0.25) is 0 Å². The minimum Gasteiger partial charge on any atom is -0.497 e. The van der Waals surface area contributed by atoms with Gasteiger partial charge in [-0.2, -0.15) is 0 Å². The highest BCUT2D eigenvalue weighted by Crippen LogP contribution is 2.57. The Kier molecular flexibility index (Phi) is 24.3. The molecule has 0 radical (unpaired) electrons. The number of aryl methyl sites for hydroxylation is 6. The van der Waals surface area contributed by atoms with Crippen molar-refractivity contribution < 1.29 is 9.47 Å². The molecule has 0 spiro atoms. The molecule has 0 bridgehead atoms. The van der Waals surface area contributed by atoms with E-state index >= 15 is 0 Å². The van der Waals surface area contributed by atoms with Crippen molar-refractivity contribution in [2.24, 2.45) is 0 Å². The summed E-state index contributed by atoms with van der Waals surface area (Å²) >= 11 is 0. The molecule has 22 rings (SSSR count). The molecule has 2 aliphatic carbocycles. The summed E-state index contributed by atoms with van der Waals surface area (Å²) in [7, 11) is 3.45. The fourth-order valence-electron chi connectivity index (χ4n) is 22.0. The molecule has 0 amide bonds. The van der Waals surface area contributed by atoms with E-state index in [-0.39, 0.29) is 10.8 Å². The Hall–Kier alpha value is -14.7. The van der Waals surface area contributed by atoms with Crippen molar-refractivity contribution >= 4 is 133 Å². The molecular weight excluding hydrogens is 1670 g/mol. The molecule has 0 saturated heterocycles. The molecule has 138 heavy (non-hydrogen) atoms. The summed E-state index contributed by atoms with van der Waals surface area (Å²) in [5, 5.41) is 14.9. The number of benzene rings is 20. The second-order valence-corrected chi connectivity index (χ2v) is 41.2. The summed E-state index contributed by atoms with van der Waals surface area (Å²) < 4.78 is 11.4. The quantitative estimate of drug-likeness (QED) is 0.0707. The van der Waals surface area contributed by atoms with Gasteiger partial charge in [0, 0.05) is 88.6 Å². The van der Waals surface area contributed by atoms with E-state index in [0.717, 1.165) is 68.4 Å². The lowest BCUT2D eigenvalue weighted by Gasteiger charge is -2.31. The van der Waals surface area contributed by atoms with Crippen molar-refractivity contribution in [1.82, 2.24) is 0 Å². The third-order valence-corrected chi connectivity index (χ3v) is 29.8. The third kappa shape index (κ3) is 17.4. The van der Waals surface area contributed by atoms with Gasteiger partial charge in [-0.15, -0.1) is 0 Å². The first-order valence-electron chi connectivity index (χ1n) is 49.9. The van der Waals surface area contributed by atoms with E-state index in [9.17, 15) is 0 Å². The smallest absolute Gasteiger partial charge is 0.119 e. The second kappa shape index (κ2) is 37.4. The molecule has 20 aromatic carbocycles. The Morgan fingerprint density at radius 2 is 0.399 bits per heavy atom. The normalized spacial score (nSPS) is 13.4. The van der Waals surface area contributed by atoms with Gasteiger partial charge in [0.25, 0.3) is 0 Å². The van der Waals surface area contributed by atoms with Crippen molar-refractivity contribution in [2.75, 3.05) is 33.8 Å². The molecule has 0 heterocycles. The highest BCUT2D eigenvalue weighted by Gasteiger charge is 2.32. The van der Waals surface area contributed by atoms with Crippen LogP contribution in [0.4, 0.5) is 68.2 Å². The maximum Gasteiger partial charge on any atom is 0.119 e. The number of rotatable bonds is 20. The van der Waals surface area contributed by atoms with Crippen LogP contribution in [0.25, 0.3) is 109 Å². The predicted molar refractivity (Wildman–Crippen MR) is 591 cm³/mol. The average molecular weight is 1800 g/mol. The molecule has 20 aromatic rings. The van der Waals surface area contributed by atoms with Crippen molar-refractivity contribution in [1.29, 1.82) is 0 Å². The van der Waals surface area contributed by atoms with Gasteiger partial charge in [0.1, 0.15) is 11.5 Å². The van der Waals surface area contributed by atoms with Crippen LogP contribution in [0.15, 0.2) is 364 Å². The van der Waals surface area contributed by atoms with Crippen LogP contribution >= 0.6 is 0 Å². The Labute approximate surface area is 816 Å². The third-order valence-electron chi connectivity index (χ3n) is 29.8. The zero-order valence-electron chi connectivity index (χ0n) is 82.5. The Bertz CT molecular complexity index is 7200.